The number of hydrogen-bond acceptors (Lipinski definition) is 5. The number of aromatic nitrogens is 3. The summed E-state index contributed by atoms with van der Waals surface area (Å²) in [5.41, 5.74) is 3.93. The fourth-order valence-corrected chi connectivity index (χ4v) is 2.79. The van der Waals surface area contributed by atoms with Crippen molar-refractivity contribution in [1.29, 1.82) is 0 Å². The maximum atomic E-state index is 5.63. The molecular weight excluding hydrogens is 246 g/mol. The molecule has 2 aromatic rings. The van der Waals surface area contributed by atoms with Crippen LogP contribution in [0.5, 0.6) is 0 Å². The van der Waals surface area contributed by atoms with Crippen LogP contribution in [0.1, 0.15) is 23.4 Å². The van der Waals surface area contributed by atoms with E-state index in [-0.39, 0.29) is 6.04 Å². The third-order valence-corrected chi connectivity index (χ3v) is 3.88. The summed E-state index contributed by atoms with van der Waals surface area (Å²) in [4.78, 5) is 8.84. The second kappa shape index (κ2) is 6.08. The largest absolute Gasteiger partial charge is 0.335 e. The zero-order valence-electron chi connectivity index (χ0n) is 10.8. The molecular formula is C12H19N5S. The van der Waals surface area contributed by atoms with Crippen molar-refractivity contribution in [2.45, 2.75) is 39.3 Å². The van der Waals surface area contributed by atoms with Gasteiger partial charge in [0.1, 0.15) is 5.82 Å². The van der Waals surface area contributed by atoms with Crippen LogP contribution in [0.25, 0.3) is 0 Å². The number of nitrogens with one attached hydrogen (secondary N) is 1. The monoisotopic (exact) mass is 265 g/mol. The van der Waals surface area contributed by atoms with E-state index in [2.05, 4.69) is 32.3 Å². The molecule has 0 radical (unpaired) electrons. The predicted molar refractivity (Wildman–Crippen MR) is 73.3 cm³/mol. The van der Waals surface area contributed by atoms with Crippen molar-refractivity contribution in [3.8, 4) is 0 Å². The molecule has 2 heterocycles. The normalized spacial score (nSPS) is 12.8. The number of nitrogens with two attached hydrogens (primary N) is 1. The van der Waals surface area contributed by atoms with E-state index in [0.29, 0.717) is 0 Å². The number of aryl methyl sites for hydroxylation is 2. The molecule has 98 valence electrons. The van der Waals surface area contributed by atoms with Gasteiger partial charge in [0.05, 0.1) is 5.01 Å². The van der Waals surface area contributed by atoms with Crippen LogP contribution in [-0.4, -0.2) is 20.6 Å². The molecule has 5 nitrogen and oxygen atoms in total. The van der Waals surface area contributed by atoms with Gasteiger partial charge in [-0.2, -0.15) is 0 Å². The van der Waals surface area contributed by atoms with Crippen LogP contribution in [0.2, 0.25) is 0 Å². The number of hydrazine groups is 1. The van der Waals surface area contributed by atoms with Crippen molar-refractivity contribution in [3.05, 3.63) is 34.3 Å². The SMILES string of the molecule is CCn1ccnc1CC(Cc1nc(C)cs1)NN. The summed E-state index contributed by atoms with van der Waals surface area (Å²) in [5, 5.41) is 3.18. The lowest BCUT2D eigenvalue weighted by Crippen LogP contribution is -2.39. The van der Waals surface area contributed by atoms with Crippen molar-refractivity contribution < 1.29 is 0 Å². The Labute approximate surface area is 111 Å². The molecule has 0 fully saturated rings. The molecule has 0 saturated heterocycles. The van der Waals surface area contributed by atoms with Crippen molar-refractivity contribution >= 4 is 11.3 Å². The Hall–Kier alpha value is -1.24. The van der Waals surface area contributed by atoms with Crippen molar-refractivity contribution in [2.75, 3.05) is 0 Å². The van der Waals surface area contributed by atoms with Gasteiger partial charge in [0.25, 0.3) is 0 Å². The van der Waals surface area contributed by atoms with E-state index < -0.39 is 0 Å². The molecule has 1 atom stereocenters. The van der Waals surface area contributed by atoms with E-state index in [0.717, 1.165) is 35.9 Å². The molecule has 0 aliphatic rings. The smallest absolute Gasteiger partial charge is 0.110 e. The second-order valence-corrected chi connectivity index (χ2v) is 5.23. The van der Waals surface area contributed by atoms with Gasteiger partial charge in [-0.25, -0.2) is 9.97 Å². The average Bonchev–Trinajstić information content (AvgIpc) is 2.97. The van der Waals surface area contributed by atoms with E-state index in [1.54, 1.807) is 11.3 Å². The Morgan fingerprint density at radius 3 is 2.94 bits per heavy atom. The first-order valence-electron chi connectivity index (χ1n) is 6.10. The molecule has 0 spiro atoms. The number of thiazole rings is 1. The second-order valence-electron chi connectivity index (χ2n) is 4.28. The van der Waals surface area contributed by atoms with Gasteiger partial charge in [0.2, 0.25) is 0 Å². The fraction of sp³-hybridized carbons (Fsp3) is 0.500. The van der Waals surface area contributed by atoms with Crippen molar-refractivity contribution in [1.82, 2.24) is 20.0 Å². The number of nitrogens with zero attached hydrogens (tertiary/aromatic N) is 3. The minimum Gasteiger partial charge on any atom is -0.335 e. The third kappa shape index (κ3) is 3.16. The van der Waals surface area contributed by atoms with Crippen LogP contribution in [0.3, 0.4) is 0 Å². The highest BCUT2D eigenvalue weighted by atomic mass is 32.1. The summed E-state index contributed by atoms with van der Waals surface area (Å²) < 4.78 is 2.14. The maximum absolute atomic E-state index is 5.63. The molecule has 3 N–H and O–H groups in total. The van der Waals surface area contributed by atoms with Gasteiger partial charge in [-0.1, -0.05) is 0 Å². The molecule has 0 bridgehead atoms. The molecule has 2 aromatic heterocycles. The maximum Gasteiger partial charge on any atom is 0.110 e. The highest BCUT2D eigenvalue weighted by Crippen LogP contribution is 2.13. The van der Waals surface area contributed by atoms with Gasteiger partial charge in [-0.3, -0.25) is 11.3 Å². The van der Waals surface area contributed by atoms with Crippen LogP contribution in [-0.2, 0) is 19.4 Å². The lowest BCUT2D eigenvalue weighted by atomic mass is 10.1. The predicted octanol–water partition coefficient (Wildman–Crippen LogP) is 1.29. The minimum atomic E-state index is 0.170. The first-order valence-corrected chi connectivity index (χ1v) is 6.98. The van der Waals surface area contributed by atoms with E-state index in [1.807, 2.05) is 19.3 Å². The minimum absolute atomic E-state index is 0.170. The Bertz CT molecular complexity index is 490. The Balaban J connectivity index is 2.01. The van der Waals surface area contributed by atoms with Gasteiger partial charge in [-0.15, -0.1) is 11.3 Å². The topological polar surface area (TPSA) is 68.8 Å². The summed E-state index contributed by atoms with van der Waals surface area (Å²) in [6.45, 7) is 5.05. The van der Waals surface area contributed by atoms with Gasteiger partial charge in [0, 0.05) is 48.9 Å². The summed E-state index contributed by atoms with van der Waals surface area (Å²) in [5.74, 6) is 6.69. The van der Waals surface area contributed by atoms with Gasteiger partial charge < -0.3 is 4.57 Å². The van der Waals surface area contributed by atoms with E-state index in [1.165, 1.54) is 0 Å². The van der Waals surface area contributed by atoms with E-state index in [9.17, 15) is 0 Å². The number of imidazole rings is 1. The molecule has 18 heavy (non-hydrogen) atoms. The summed E-state index contributed by atoms with van der Waals surface area (Å²) in [6.07, 6.45) is 5.48. The fourth-order valence-electron chi connectivity index (χ4n) is 1.94. The lowest BCUT2D eigenvalue weighted by molar-refractivity contribution is 0.498. The summed E-state index contributed by atoms with van der Waals surface area (Å²) in [7, 11) is 0. The molecule has 0 saturated carbocycles. The molecule has 0 aliphatic heterocycles. The summed E-state index contributed by atoms with van der Waals surface area (Å²) >= 11 is 1.68. The third-order valence-electron chi connectivity index (χ3n) is 2.89. The van der Waals surface area contributed by atoms with Crippen molar-refractivity contribution in [3.63, 3.8) is 0 Å². The molecule has 1 unspecified atom stereocenters. The van der Waals surface area contributed by atoms with Crippen LogP contribution in [0.15, 0.2) is 17.8 Å². The highest BCUT2D eigenvalue weighted by molar-refractivity contribution is 7.09. The number of hydrogen-bond donors (Lipinski definition) is 2. The van der Waals surface area contributed by atoms with Crippen molar-refractivity contribution in [2.24, 2.45) is 5.84 Å². The Morgan fingerprint density at radius 2 is 2.33 bits per heavy atom. The van der Waals surface area contributed by atoms with Crippen LogP contribution in [0.4, 0.5) is 0 Å². The molecule has 0 aromatic carbocycles. The van der Waals surface area contributed by atoms with Crippen LogP contribution >= 0.6 is 11.3 Å². The molecule has 0 aliphatic carbocycles. The van der Waals surface area contributed by atoms with Gasteiger partial charge >= 0.3 is 0 Å². The van der Waals surface area contributed by atoms with E-state index >= 15 is 0 Å². The molecule has 6 heteroatoms. The average molecular weight is 265 g/mol. The molecule has 0 amide bonds. The first kappa shape index (κ1) is 13.2. The molecule has 2 rings (SSSR count). The standard InChI is InChI=1S/C12H19N5S/c1-3-17-5-4-14-11(17)6-10(16-13)7-12-15-9(2)8-18-12/h4-5,8,10,16H,3,6-7,13H2,1-2H3. The van der Waals surface area contributed by atoms with Crippen LogP contribution < -0.4 is 11.3 Å². The van der Waals surface area contributed by atoms with Gasteiger partial charge in [0.15, 0.2) is 0 Å². The Kier molecular flexibility index (Phi) is 4.46. The lowest BCUT2D eigenvalue weighted by Gasteiger charge is -2.14. The highest BCUT2D eigenvalue weighted by Gasteiger charge is 2.13. The zero-order chi connectivity index (χ0) is 13.0. The first-order chi connectivity index (χ1) is 8.72. The van der Waals surface area contributed by atoms with E-state index in [4.69, 9.17) is 5.84 Å². The summed E-state index contributed by atoms with van der Waals surface area (Å²) in [6, 6.07) is 0.170. The Morgan fingerprint density at radius 1 is 1.50 bits per heavy atom. The zero-order valence-corrected chi connectivity index (χ0v) is 11.6. The van der Waals surface area contributed by atoms with Crippen LogP contribution in [0, 0.1) is 6.92 Å². The quantitative estimate of drug-likeness (QED) is 0.610. The number of rotatable bonds is 6. The van der Waals surface area contributed by atoms with Gasteiger partial charge in [-0.05, 0) is 13.8 Å².